The molecule has 0 bridgehead atoms. The molecule has 2 rings (SSSR count). The number of hydrogen-bond donors (Lipinski definition) is 1. The molecular weight excluding hydrogens is 294 g/mol. The van der Waals surface area contributed by atoms with Crippen LogP contribution in [0.15, 0.2) is 24.3 Å². The molecule has 5 heteroatoms. The zero-order valence-electron chi connectivity index (χ0n) is 13.7. The van der Waals surface area contributed by atoms with Gasteiger partial charge < -0.3 is 14.7 Å². The van der Waals surface area contributed by atoms with Crippen LogP contribution in [-0.4, -0.2) is 41.6 Å². The number of aliphatic carboxylic acids is 1. The van der Waals surface area contributed by atoms with E-state index in [0.29, 0.717) is 19.4 Å². The number of carbonyl (C=O) groups excluding carboxylic acids is 1. The summed E-state index contributed by atoms with van der Waals surface area (Å²) in [6.45, 7) is 1.27. The molecule has 1 N–H and O–H groups in total. The second kappa shape index (κ2) is 8.67. The second-order valence-electron chi connectivity index (χ2n) is 6.10. The smallest absolute Gasteiger partial charge is 0.303 e. The summed E-state index contributed by atoms with van der Waals surface area (Å²) in [7, 11) is 1.65. The Morgan fingerprint density at radius 3 is 2.83 bits per heavy atom. The quantitative estimate of drug-likeness (QED) is 0.839. The Labute approximate surface area is 137 Å². The van der Waals surface area contributed by atoms with Crippen LogP contribution in [0.25, 0.3) is 0 Å². The van der Waals surface area contributed by atoms with Crippen LogP contribution >= 0.6 is 0 Å². The van der Waals surface area contributed by atoms with Gasteiger partial charge in [0, 0.05) is 26.1 Å². The standard InChI is InChI=1S/C18H25NO4/c1-23-13-15-6-4-5-14(11-15)12-17(20)19-10-3-2-7-16(19)8-9-18(21)22/h4-6,11,16H,2-3,7-10,12-13H2,1H3,(H,21,22). The number of rotatable bonds is 7. The van der Waals surface area contributed by atoms with E-state index in [1.54, 1.807) is 7.11 Å². The highest BCUT2D eigenvalue weighted by atomic mass is 16.5. The lowest BCUT2D eigenvalue weighted by molar-refractivity contribution is -0.139. The summed E-state index contributed by atoms with van der Waals surface area (Å²) in [4.78, 5) is 25.3. The number of methoxy groups -OCH3 is 1. The van der Waals surface area contributed by atoms with E-state index in [1.807, 2.05) is 29.2 Å². The van der Waals surface area contributed by atoms with E-state index in [9.17, 15) is 9.59 Å². The van der Waals surface area contributed by atoms with E-state index >= 15 is 0 Å². The summed E-state index contributed by atoms with van der Waals surface area (Å²) >= 11 is 0. The lowest BCUT2D eigenvalue weighted by atomic mass is 9.97. The molecule has 1 atom stereocenters. The number of benzene rings is 1. The lowest BCUT2D eigenvalue weighted by Gasteiger charge is -2.36. The van der Waals surface area contributed by atoms with Gasteiger partial charge in [-0.2, -0.15) is 0 Å². The van der Waals surface area contributed by atoms with Crippen LogP contribution in [0.5, 0.6) is 0 Å². The van der Waals surface area contributed by atoms with Gasteiger partial charge in [-0.25, -0.2) is 0 Å². The molecule has 1 aliphatic heterocycles. The Bertz CT molecular complexity index is 544. The van der Waals surface area contributed by atoms with E-state index in [1.165, 1.54) is 0 Å². The predicted octanol–water partition coefficient (Wildman–Crippen LogP) is 2.62. The molecule has 5 nitrogen and oxygen atoms in total. The van der Waals surface area contributed by atoms with Crippen molar-refractivity contribution >= 4 is 11.9 Å². The largest absolute Gasteiger partial charge is 0.481 e. The molecule has 0 radical (unpaired) electrons. The number of ether oxygens (including phenoxy) is 1. The molecule has 0 saturated carbocycles. The van der Waals surface area contributed by atoms with Crippen LogP contribution in [0.2, 0.25) is 0 Å². The van der Waals surface area contributed by atoms with Crippen molar-refractivity contribution in [2.24, 2.45) is 0 Å². The molecular formula is C18H25NO4. The maximum Gasteiger partial charge on any atom is 0.303 e. The van der Waals surface area contributed by atoms with Crippen LogP contribution in [-0.2, 0) is 27.4 Å². The van der Waals surface area contributed by atoms with Crippen LogP contribution in [0.4, 0.5) is 0 Å². The first-order chi connectivity index (χ1) is 11.1. The number of hydrogen-bond acceptors (Lipinski definition) is 3. The summed E-state index contributed by atoms with van der Waals surface area (Å²) in [5, 5.41) is 8.87. The molecule has 1 fully saturated rings. The van der Waals surface area contributed by atoms with Crippen molar-refractivity contribution in [3.63, 3.8) is 0 Å². The molecule has 1 unspecified atom stereocenters. The van der Waals surface area contributed by atoms with E-state index in [2.05, 4.69) is 0 Å². The van der Waals surface area contributed by atoms with Crippen molar-refractivity contribution in [1.29, 1.82) is 0 Å². The van der Waals surface area contributed by atoms with Crippen molar-refractivity contribution < 1.29 is 19.4 Å². The van der Waals surface area contributed by atoms with Crippen LogP contribution in [0.3, 0.4) is 0 Å². The summed E-state index contributed by atoms with van der Waals surface area (Å²) in [5.74, 6) is -0.704. The van der Waals surface area contributed by atoms with Gasteiger partial charge in [0.15, 0.2) is 0 Å². The molecule has 126 valence electrons. The minimum Gasteiger partial charge on any atom is -0.481 e. The highest BCUT2D eigenvalue weighted by Crippen LogP contribution is 2.22. The minimum atomic E-state index is -0.796. The number of piperidine rings is 1. The summed E-state index contributed by atoms with van der Waals surface area (Å²) in [5.41, 5.74) is 2.03. The van der Waals surface area contributed by atoms with Gasteiger partial charge in [0.25, 0.3) is 0 Å². The number of carbonyl (C=O) groups is 2. The highest BCUT2D eigenvalue weighted by molar-refractivity contribution is 5.79. The molecule has 1 heterocycles. The molecule has 0 aromatic heterocycles. The molecule has 1 aromatic rings. The first-order valence-electron chi connectivity index (χ1n) is 8.18. The van der Waals surface area contributed by atoms with Crippen molar-refractivity contribution in [2.75, 3.05) is 13.7 Å². The Balaban J connectivity index is 1.99. The lowest BCUT2D eigenvalue weighted by Crippen LogP contribution is -2.44. The van der Waals surface area contributed by atoms with Crippen molar-refractivity contribution in [1.82, 2.24) is 4.90 Å². The summed E-state index contributed by atoms with van der Waals surface area (Å²) in [6.07, 6.45) is 4.00. The molecule has 23 heavy (non-hydrogen) atoms. The maximum absolute atomic E-state index is 12.6. The summed E-state index contributed by atoms with van der Waals surface area (Å²) < 4.78 is 5.12. The molecule has 1 amide bonds. The van der Waals surface area contributed by atoms with Crippen molar-refractivity contribution in [3.8, 4) is 0 Å². The predicted molar refractivity (Wildman–Crippen MR) is 87.1 cm³/mol. The zero-order valence-corrected chi connectivity index (χ0v) is 13.7. The minimum absolute atomic E-state index is 0.0644. The fourth-order valence-electron chi connectivity index (χ4n) is 3.19. The fourth-order valence-corrected chi connectivity index (χ4v) is 3.19. The third-order valence-corrected chi connectivity index (χ3v) is 4.30. The van der Waals surface area contributed by atoms with Gasteiger partial charge in [0.1, 0.15) is 0 Å². The number of likely N-dealkylation sites (tertiary alicyclic amines) is 1. The Hall–Kier alpha value is -1.88. The van der Waals surface area contributed by atoms with E-state index in [-0.39, 0.29) is 18.4 Å². The first kappa shape index (κ1) is 17.5. The number of carboxylic acid groups (broad SMARTS) is 1. The second-order valence-corrected chi connectivity index (χ2v) is 6.10. The third-order valence-electron chi connectivity index (χ3n) is 4.30. The average Bonchev–Trinajstić information content (AvgIpc) is 2.54. The normalized spacial score (nSPS) is 18.0. The van der Waals surface area contributed by atoms with Crippen molar-refractivity contribution in [2.45, 2.75) is 51.2 Å². The van der Waals surface area contributed by atoms with Crippen LogP contribution < -0.4 is 0 Å². The Kier molecular flexibility index (Phi) is 6.59. The fraction of sp³-hybridized carbons (Fsp3) is 0.556. The van der Waals surface area contributed by atoms with Gasteiger partial charge in [-0.15, -0.1) is 0 Å². The molecule has 0 aliphatic carbocycles. The van der Waals surface area contributed by atoms with Gasteiger partial charge in [-0.1, -0.05) is 24.3 Å². The SMILES string of the molecule is COCc1cccc(CC(=O)N2CCCCC2CCC(=O)O)c1. The summed E-state index contributed by atoms with van der Waals surface area (Å²) in [6, 6.07) is 7.93. The van der Waals surface area contributed by atoms with Crippen molar-refractivity contribution in [3.05, 3.63) is 35.4 Å². The maximum atomic E-state index is 12.6. The number of nitrogens with zero attached hydrogens (tertiary/aromatic N) is 1. The van der Waals surface area contributed by atoms with Crippen LogP contribution in [0, 0.1) is 0 Å². The molecule has 1 aromatic carbocycles. The molecule has 1 aliphatic rings. The zero-order chi connectivity index (χ0) is 16.7. The Morgan fingerprint density at radius 2 is 2.09 bits per heavy atom. The molecule has 0 spiro atoms. The van der Waals surface area contributed by atoms with E-state index < -0.39 is 5.97 Å². The van der Waals surface area contributed by atoms with Gasteiger partial charge in [0.2, 0.25) is 5.91 Å². The molecule has 1 saturated heterocycles. The number of carboxylic acids is 1. The van der Waals surface area contributed by atoms with E-state index in [4.69, 9.17) is 9.84 Å². The Morgan fingerprint density at radius 1 is 1.30 bits per heavy atom. The topological polar surface area (TPSA) is 66.8 Å². The average molecular weight is 319 g/mol. The first-order valence-corrected chi connectivity index (χ1v) is 8.18. The number of amides is 1. The highest BCUT2D eigenvalue weighted by Gasteiger charge is 2.26. The van der Waals surface area contributed by atoms with E-state index in [0.717, 1.165) is 36.9 Å². The van der Waals surface area contributed by atoms with Gasteiger partial charge >= 0.3 is 5.97 Å². The van der Waals surface area contributed by atoms with Gasteiger partial charge in [-0.3, -0.25) is 9.59 Å². The monoisotopic (exact) mass is 319 g/mol. The van der Waals surface area contributed by atoms with Gasteiger partial charge in [0.05, 0.1) is 13.0 Å². The van der Waals surface area contributed by atoms with Gasteiger partial charge in [-0.05, 0) is 36.8 Å². The van der Waals surface area contributed by atoms with Crippen LogP contribution in [0.1, 0.15) is 43.2 Å². The third kappa shape index (κ3) is 5.36.